The molecule has 0 radical (unpaired) electrons. The molecule has 0 aliphatic carbocycles. The molecule has 1 aromatic heterocycles. The third kappa shape index (κ3) is 1.38. The van der Waals surface area contributed by atoms with Crippen LogP contribution in [0.3, 0.4) is 0 Å². The highest BCUT2D eigenvalue weighted by Gasteiger charge is 2.22. The lowest BCUT2D eigenvalue weighted by Crippen LogP contribution is -2.43. The largest absolute Gasteiger partial charge is 0.357 e. The minimum atomic E-state index is -1.55. The van der Waals surface area contributed by atoms with Crippen molar-refractivity contribution in [1.29, 1.82) is 0 Å². The molecule has 0 aromatic carbocycles. The zero-order valence-corrected chi connectivity index (χ0v) is 8.26. The van der Waals surface area contributed by atoms with Crippen LogP contribution in [0.5, 0.6) is 0 Å². The van der Waals surface area contributed by atoms with Gasteiger partial charge in [-0.1, -0.05) is 13.1 Å². The highest BCUT2D eigenvalue weighted by atomic mass is 28.3. The summed E-state index contributed by atoms with van der Waals surface area (Å²) in [5, 5.41) is 1.32. The lowest BCUT2D eigenvalue weighted by atomic mass is 10.7. The van der Waals surface area contributed by atoms with Crippen molar-refractivity contribution in [2.75, 3.05) is 0 Å². The van der Waals surface area contributed by atoms with Crippen LogP contribution in [-0.4, -0.2) is 12.6 Å². The third-order valence-electron chi connectivity index (χ3n) is 1.94. The Balaban J connectivity index is 3.13. The summed E-state index contributed by atoms with van der Waals surface area (Å²) in [5.74, 6) is 0. The molecular formula is C9H13NSi. The molecule has 1 heterocycles. The van der Waals surface area contributed by atoms with Crippen LogP contribution < -0.4 is 5.32 Å². The van der Waals surface area contributed by atoms with Crippen molar-refractivity contribution in [3.63, 3.8) is 0 Å². The van der Waals surface area contributed by atoms with Crippen LogP contribution in [0.2, 0.25) is 13.1 Å². The smallest absolute Gasteiger partial charge is 0.181 e. The van der Waals surface area contributed by atoms with Gasteiger partial charge in [-0.15, -0.1) is 12.0 Å². The molecule has 0 saturated carbocycles. The second kappa shape index (κ2) is 2.59. The quantitative estimate of drug-likeness (QED) is 0.432. The number of hydrogen-bond donors (Lipinski definition) is 0. The number of hydrogen-bond acceptors (Lipinski definition) is 0. The van der Waals surface area contributed by atoms with Gasteiger partial charge in [0.1, 0.15) is 0 Å². The predicted octanol–water partition coefficient (Wildman–Crippen LogP) is 1.11. The summed E-state index contributed by atoms with van der Waals surface area (Å²) in [6.07, 6.45) is 7.51. The van der Waals surface area contributed by atoms with Crippen LogP contribution in [0, 0.1) is 12.0 Å². The summed E-state index contributed by atoms with van der Waals surface area (Å²) in [4.78, 5) is 0. The van der Waals surface area contributed by atoms with E-state index in [1.165, 1.54) is 5.32 Å². The second-order valence-electron chi connectivity index (χ2n) is 3.27. The highest BCUT2D eigenvalue weighted by Crippen LogP contribution is 2.00. The monoisotopic (exact) mass is 163 g/mol. The lowest BCUT2D eigenvalue weighted by Gasteiger charge is -2.15. The van der Waals surface area contributed by atoms with Gasteiger partial charge in [-0.3, -0.25) is 0 Å². The molecule has 0 N–H and O–H groups in total. The highest BCUT2D eigenvalue weighted by molar-refractivity contribution is 6.95. The van der Waals surface area contributed by atoms with E-state index in [-0.39, 0.29) is 0 Å². The zero-order chi connectivity index (χ0) is 8.48. The standard InChI is InChI=1S/C9H13NSi/c1-5-11(3,4)9-7-6-8-10(9)2/h1,6-8H,2-4H3. The van der Waals surface area contributed by atoms with Crippen LogP contribution in [0.4, 0.5) is 0 Å². The first-order chi connectivity index (χ1) is 5.08. The van der Waals surface area contributed by atoms with Crippen molar-refractivity contribution >= 4 is 13.4 Å². The van der Waals surface area contributed by atoms with E-state index >= 15 is 0 Å². The Labute approximate surface area is 69.1 Å². The predicted molar refractivity (Wildman–Crippen MR) is 51.4 cm³/mol. The Bertz CT molecular complexity index is 291. The van der Waals surface area contributed by atoms with E-state index in [4.69, 9.17) is 6.42 Å². The van der Waals surface area contributed by atoms with E-state index in [0.717, 1.165) is 0 Å². The molecule has 0 amide bonds. The normalized spacial score (nSPS) is 11.1. The van der Waals surface area contributed by atoms with E-state index in [1.807, 2.05) is 19.3 Å². The maximum atomic E-state index is 5.46. The SMILES string of the molecule is C#C[Si](C)(C)c1cccn1C. The molecule has 0 atom stereocenters. The Morgan fingerprint density at radius 3 is 2.55 bits per heavy atom. The van der Waals surface area contributed by atoms with Crippen LogP contribution in [-0.2, 0) is 7.05 Å². The van der Waals surface area contributed by atoms with Crippen LogP contribution in [0.1, 0.15) is 0 Å². The van der Waals surface area contributed by atoms with E-state index < -0.39 is 8.07 Å². The number of aryl methyl sites for hydroxylation is 1. The molecule has 0 unspecified atom stereocenters. The first-order valence-electron chi connectivity index (χ1n) is 3.67. The van der Waals surface area contributed by atoms with Gasteiger partial charge >= 0.3 is 0 Å². The molecule has 1 rings (SSSR count). The first-order valence-corrected chi connectivity index (χ1v) is 6.67. The average Bonchev–Trinajstić information content (AvgIpc) is 2.36. The van der Waals surface area contributed by atoms with Crippen molar-refractivity contribution in [3.8, 4) is 12.0 Å². The van der Waals surface area contributed by atoms with E-state index in [9.17, 15) is 0 Å². The Morgan fingerprint density at radius 2 is 2.18 bits per heavy atom. The molecule has 0 saturated heterocycles. The summed E-state index contributed by atoms with van der Waals surface area (Å²) in [5.41, 5.74) is 2.90. The van der Waals surface area contributed by atoms with Gasteiger partial charge in [-0.2, -0.15) is 0 Å². The van der Waals surface area contributed by atoms with Crippen LogP contribution in [0.15, 0.2) is 18.3 Å². The zero-order valence-electron chi connectivity index (χ0n) is 7.26. The topological polar surface area (TPSA) is 4.93 Å². The fourth-order valence-electron chi connectivity index (χ4n) is 1.18. The van der Waals surface area contributed by atoms with E-state index in [0.29, 0.717) is 0 Å². The summed E-state index contributed by atoms with van der Waals surface area (Å²) < 4.78 is 2.12. The fraction of sp³-hybridized carbons (Fsp3) is 0.333. The van der Waals surface area contributed by atoms with Gasteiger partial charge in [0.15, 0.2) is 8.07 Å². The minimum Gasteiger partial charge on any atom is -0.357 e. The Kier molecular flexibility index (Phi) is 1.92. The summed E-state index contributed by atoms with van der Waals surface area (Å²) in [6, 6.07) is 4.16. The van der Waals surface area contributed by atoms with Gasteiger partial charge < -0.3 is 4.57 Å². The molecule has 1 aromatic rings. The van der Waals surface area contributed by atoms with E-state index in [2.05, 4.69) is 29.3 Å². The Hall–Kier alpha value is -0.943. The molecule has 0 spiro atoms. The second-order valence-corrected chi connectivity index (χ2v) is 7.32. The van der Waals surface area contributed by atoms with Crippen molar-refractivity contribution in [2.45, 2.75) is 13.1 Å². The molecule has 2 heteroatoms. The number of rotatable bonds is 1. The summed E-state index contributed by atoms with van der Waals surface area (Å²) in [6.45, 7) is 4.37. The minimum absolute atomic E-state index is 1.32. The summed E-state index contributed by atoms with van der Waals surface area (Å²) >= 11 is 0. The molecule has 58 valence electrons. The van der Waals surface area contributed by atoms with Crippen molar-refractivity contribution in [3.05, 3.63) is 18.3 Å². The van der Waals surface area contributed by atoms with Crippen LogP contribution in [0.25, 0.3) is 0 Å². The maximum absolute atomic E-state index is 5.46. The van der Waals surface area contributed by atoms with Gasteiger partial charge in [-0.25, -0.2) is 0 Å². The number of aromatic nitrogens is 1. The molecular weight excluding hydrogens is 150 g/mol. The lowest BCUT2D eigenvalue weighted by molar-refractivity contribution is 0.954. The molecule has 11 heavy (non-hydrogen) atoms. The number of terminal acetylenes is 1. The van der Waals surface area contributed by atoms with Gasteiger partial charge in [0, 0.05) is 18.6 Å². The third-order valence-corrected chi connectivity index (χ3v) is 4.47. The van der Waals surface area contributed by atoms with Gasteiger partial charge in [0.25, 0.3) is 0 Å². The Morgan fingerprint density at radius 1 is 1.55 bits per heavy atom. The molecule has 1 nitrogen and oxygen atoms in total. The van der Waals surface area contributed by atoms with Gasteiger partial charge in [0.2, 0.25) is 0 Å². The summed E-state index contributed by atoms with van der Waals surface area (Å²) in [7, 11) is 0.488. The van der Waals surface area contributed by atoms with Gasteiger partial charge in [-0.05, 0) is 12.1 Å². The van der Waals surface area contributed by atoms with Crippen molar-refractivity contribution in [2.24, 2.45) is 7.05 Å². The maximum Gasteiger partial charge on any atom is 0.181 e. The van der Waals surface area contributed by atoms with Gasteiger partial charge in [0.05, 0.1) is 0 Å². The molecule has 0 aliphatic rings. The number of nitrogens with zero attached hydrogens (tertiary/aromatic N) is 1. The van der Waals surface area contributed by atoms with Crippen LogP contribution >= 0.6 is 0 Å². The molecule has 0 bridgehead atoms. The average molecular weight is 163 g/mol. The fourth-order valence-corrected chi connectivity index (χ4v) is 2.80. The first kappa shape index (κ1) is 8.16. The van der Waals surface area contributed by atoms with E-state index in [1.54, 1.807) is 0 Å². The molecule has 0 aliphatic heterocycles. The molecule has 0 fully saturated rings. The van der Waals surface area contributed by atoms with Crippen molar-refractivity contribution < 1.29 is 0 Å². The van der Waals surface area contributed by atoms with Crippen molar-refractivity contribution in [1.82, 2.24) is 4.57 Å².